The summed E-state index contributed by atoms with van der Waals surface area (Å²) in [6.45, 7) is 0. The SMILES string of the molecule is O=C=Nc1ccc2nc3ccc(N=C=O)cc3cc2c1. The third-order valence-electron chi connectivity index (χ3n) is 2.92. The molecule has 0 spiro atoms. The van der Waals surface area contributed by atoms with Gasteiger partial charge in [0.15, 0.2) is 0 Å². The van der Waals surface area contributed by atoms with E-state index in [1.165, 1.54) is 12.2 Å². The van der Waals surface area contributed by atoms with Gasteiger partial charge in [-0.3, -0.25) is 0 Å². The van der Waals surface area contributed by atoms with Crippen LogP contribution in [-0.4, -0.2) is 17.1 Å². The molecule has 0 fully saturated rings. The van der Waals surface area contributed by atoms with Crippen LogP contribution >= 0.6 is 0 Å². The zero-order valence-electron chi connectivity index (χ0n) is 10.2. The number of aliphatic imine (C=N–C) groups is 2. The van der Waals surface area contributed by atoms with Crippen molar-refractivity contribution >= 4 is 45.3 Å². The summed E-state index contributed by atoms with van der Waals surface area (Å²) in [6.07, 6.45) is 3.02. The number of carbonyl (C=O) groups excluding carboxylic acids is 2. The van der Waals surface area contributed by atoms with E-state index in [1.807, 2.05) is 6.07 Å². The summed E-state index contributed by atoms with van der Waals surface area (Å²) >= 11 is 0. The highest BCUT2D eigenvalue weighted by Gasteiger charge is 2.02. The summed E-state index contributed by atoms with van der Waals surface area (Å²) in [7, 11) is 0. The Hall–Kier alpha value is -3.13. The first-order valence-corrected chi connectivity index (χ1v) is 5.80. The van der Waals surface area contributed by atoms with Gasteiger partial charge < -0.3 is 0 Å². The van der Waals surface area contributed by atoms with Gasteiger partial charge in [-0.15, -0.1) is 0 Å². The highest BCUT2D eigenvalue weighted by Crippen LogP contribution is 2.26. The molecule has 0 atom stereocenters. The van der Waals surface area contributed by atoms with Crippen molar-refractivity contribution in [2.45, 2.75) is 0 Å². The standard InChI is InChI=1S/C15H7N3O2/c19-8-16-12-1-3-14-10(6-12)5-11-7-13(17-9-20)2-4-15(11)18-14/h1-7H. The van der Waals surface area contributed by atoms with Gasteiger partial charge in [0.2, 0.25) is 12.2 Å². The molecule has 1 heterocycles. The van der Waals surface area contributed by atoms with Gasteiger partial charge in [-0.1, -0.05) is 0 Å². The third-order valence-corrected chi connectivity index (χ3v) is 2.92. The van der Waals surface area contributed by atoms with E-state index in [9.17, 15) is 9.59 Å². The molecule has 0 saturated carbocycles. The number of pyridine rings is 1. The molecule has 0 aliphatic heterocycles. The lowest BCUT2D eigenvalue weighted by Crippen LogP contribution is -1.82. The molecule has 5 heteroatoms. The Balaban J connectivity index is 2.29. The summed E-state index contributed by atoms with van der Waals surface area (Å²) in [5.41, 5.74) is 2.65. The van der Waals surface area contributed by atoms with Gasteiger partial charge >= 0.3 is 0 Å². The predicted molar refractivity (Wildman–Crippen MR) is 74.8 cm³/mol. The minimum atomic E-state index is 0.524. The molecule has 0 aliphatic rings. The average Bonchev–Trinajstić information content (AvgIpc) is 2.46. The van der Waals surface area contributed by atoms with Crippen molar-refractivity contribution in [2.24, 2.45) is 9.98 Å². The first kappa shape index (κ1) is 11.9. The van der Waals surface area contributed by atoms with Crippen LogP contribution in [0.15, 0.2) is 52.4 Å². The predicted octanol–water partition coefficient (Wildman–Crippen LogP) is 3.32. The largest absolute Gasteiger partial charge is 0.248 e. The average molecular weight is 261 g/mol. The van der Waals surface area contributed by atoms with Gasteiger partial charge in [-0.05, 0) is 42.5 Å². The van der Waals surface area contributed by atoms with E-state index >= 15 is 0 Å². The van der Waals surface area contributed by atoms with Crippen LogP contribution in [0.3, 0.4) is 0 Å². The second kappa shape index (κ2) is 4.86. The van der Waals surface area contributed by atoms with Gasteiger partial charge in [0.05, 0.1) is 22.4 Å². The lowest BCUT2D eigenvalue weighted by atomic mass is 10.1. The second-order valence-electron chi connectivity index (χ2n) is 4.15. The molecule has 1 aromatic heterocycles. The van der Waals surface area contributed by atoms with Crippen LogP contribution in [0.5, 0.6) is 0 Å². The normalized spacial score (nSPS) is 10.0. The molecule has 0 aliphatic carbocycles. The van der Waals surface area contributed by atoms with Gasteiger partial charge in [0.25, 0.3) is 0 Å². The minimum Gasteiger partial charge on any atom is -0.248 e. The summed E-state index contributed by atoms with van der Waals surface area (Å²) in [5.74, 6) is 0. The summed E-state index contributed by atoms with van der Waals surface area (Å²) in [4.78, 5) is 32.2. The number of nitrogens with zero attached hydrogens (tertiary/aromatic N) is 3. The molecule has 0 radical (unpaired) electrons. The minimum absolute atomic E-state index is 0.524. The molecule has 94 valence electrons. The number of hydrogen-bond donors (Lipinski definition) is 0. The van der Waals surface area contributed by atoms with E-state index in [4.69, 9.17) is 0 Å². The molecular weight excluding hydrogens is 254 g/mol. The van der Waals surface area contributed by atoms with Crippen molar-refractivity contribution in [3.63, 3.8) is 0 Å². The quantitative estimate of drug-likeness (QED) is 0.403. The van der Waals surface area contributed by atoms with E-state index in [1.54, 1.807) is 36.4 Å². The molecule has 3 rings (SSSR count). The molecule has 0 bridgehead atoms. The van der Waals surface area contributed by atoms with Crippen LogP contribution in [0.1, 0.15) is 0 Å². The Labute approximate surface area is 113 Å². The lowest BCUT2D eigenvalue weighted by Gasteiger charge is -2.02. The monoisotopic (exact) mass is 261 g/mol. The fourth-order valence-electron chi connectivity index (χ4n) is 2.06. The Morgan fingerprint density at radius 3 is 1.70 bits per heavy atom. The van der Waals surface area contributed by atoms with Crippen LogP contribution < -0.4 is 0 Å². The number of rotatable bonds is 2. The van der Waals surface area contributed by atoms with Crippen molar-refractivity contribution in [3.8, 4) is 0 Å². The van der Waals surface area contributed by atoms with Gasteiger partial charge in [-0.25, -0.2) is 14.6 Å². The Bertz CT molecular complexity index is 848. The molecule has 5 nitrogen and oxygen atoms in total. The molecule has 3 aromatic rings. The summed E-state index contributed by atoms with van der Waals surface area (Å²) in [5, 5.41) is 1.70. The highest BCUT2D eigenvalue weighted by molar-refractivity contribution is 5.95. The number of benzene rings is 2. The van der Waals surface area contributed by atoms with E-state index in [0.717, 1.165) is 21.8 Å². The third kappa shape index (κ3) is 2.10. The van der Waals surface area contributed by atoms with E-state index in [0.29, 0.717) is 11.4 Å². The summed E-state index contributed by atoms with van der Waals surface area (Å²) in [6, 6.07) is 12.4. The molecular formula is C15H7N3O2. The lowest BCUT2D eigenvalue weighted by molar-refractivity contribution is 0.564. The molecule has 20 heavy (non-hydrogen) atoms. The van der Waals surface area contributed by atoms with Gasteiger partial charge in [-0.2, -0.15) is 9.98 Å². The van der Waals surface area contributed by atoms with Crippen LogP contribution in [0, 0.1) is 0 Å². The Kier molecular flexibility index (Phi) is 2.90. The van der Waals surface area contributed by atoms with Crippen LogP contribution in [-0.2, 0) is 9.59 Å². The smallest absolute Gasteiger partial charge is 0.240 e. The maximum Gasteiger partial charge on any atom is 0.240 e. The van der Waals surface area contributed by atoms with Crippen LogP contribution in [0.4, 0.5) is 11.4 Å². The fourth-order valence-corrected chi connectivity index (χ4v) is 2.06. The second-order valence-corrected chi connectivity index (χ2v) is 4.15. The fraction of sp³-hybridized carbons (Fsp3) is 0. The number of isocyanates is 2. The number of fused-ring (bicyclic) bond motifs is 2. The molecule has 0 amide bonds. The zero-order valence-corrected chi connectivity index (χ0v) is 10.2. The maximum atomic E-state index is 10.3. The summed E-state index contributed by atoms with van der Waals surface area (Å²) < 4.78 is 0. The highest BCUT2D eigenvalue weighted by atomic mass is 16.1. The van der Waals surface area contributed by atoms with Gasteiger partial charge in [0.1, 0.15) is 0 Å². The van der Waals surface area contributed by atoms with E-state index < -0.39 is 0 Å². The maximum absolute atomic E-state index is 10.3. The van der Waals surface area contributed by atoms with E-state index in [2.05, 4.69) is 15.0 Å². The van der Waals surface area contributed by atoms with Crippen molar-refractivity contribution in [1.82, 2.24) is 4.98 Å². The van der Waals surface area contributed by atoms with Crippen molar-refractivity contribution in [3.05, 3.63) is 42.5 Å². The number of hydrogen-bond acceptors (Lipinski definition) is 5. The van der Waals surface area contributed by atoms with Crippen LogP contribution in [0.2, 0.25) is 0 Å². The number of aromatic nitrogens is 1. The van der Waals surface area contributed by atoms with E-state index in [-0.39, 0.29) is 0 Å². The van der Waals surface area contributed by atoms with Crippen molar-refractivity contribution in [2.75, 3.05) is 0 Å². The molecule has 0 N–H and O–H groups in total. The van der Waals surface area contributed by atoms with Gasteiger partial charge in [0, 0.05) is 10.8 Å². The van der Waals surface area contributed by atoms with Crippen molar-refractivity contribution in [1.29, 1.82) is 0 Å². The first-order valence-electron chi connectivity index (χ1n) is 5.80. The molecule has 0 saturated heterocycles. The first-order chi connectivity index (χ1) is 9.80. The Morgan fingerprint density at radius 1 is 0.750 bits per heavy atom. The Morgan fingerprint density at radius 2 is 1.25 bits per heavy atom. The molecule has 2 aromatic carbocycles. The molecule has 0 unspecified atom stereocenters. The van der Waals surface area contributed by atoms with Crippen molar-refractivity contribution < 1.29 is 9.59 Å². The van der Waals surface area contributed by atoms with Crippen LogP contribution in [0.25, 0.3) is 21.8 Å². The zero-order chi connectivity index (χ0) is 13.9. The topological polar surface area (TPSA) is 71.8 Å².